The molecule has 7 heteroatoms. The molecule has 0 unspecified atom stereocenters. The highest BCUT2D eigenvalue weighted by Gasteiger charge is 2.13. The van der Waals surface area contributed by atoms with E-state index in [9.17, 15) is 10.1 Å². The lowest BCUT2D eigenvalue weighted by Crippen LogP contribution is -2.13. The van der Waals surface area contributed by atoms with Crippen molar-refractivity contribution in [1.82, 2.24) is 0 Å². The van der Waals surface area contributed by atoms with Gasteiger partial charge in [-0.15, -0.1) is 0 Å². The molecule has 1 amide bonds. The summed E-state index contributed by atoms with van der Waals surface area (Å²) in [6.07, 6.45) is 1.37. The summed E-state index contributed by atoms with van der Waals surface area (Å²) in [6.45, 7) is 0.444. The zero-order valence-corrected chi connectivity index (χ0v) is 19.3. The summed E-state index contributed by atoms with van der Waals surface area (Å²) < 4.78 is 11.5. The smallest absolute Gasteiger partial charge is 0.266 e. The highest BCUT2D eigenvalue weighted by Crippen LogP contribution is 2.34. The number of nitrogens with zero attached hydrogens (tertiary/aromatic N) is 1. The number of carbonyl (C=O) groups is 1. The third-order valence-corrected chi connectivity index (χ3v) is 5.67. The van der Waals surface area contributed by atoms with Crippen LogP contribution in [0, 0.1) is 11.3 Å². The maximum atomic E-state index is 12.6. The van der Waals surface area contributed by atoms with Crippen molar-refractivity contribution in [3.63, 3.8) is 0 Å². The molecule has 4 aromatic rings. The van der Waals surface area contributed by atoms with Gasteiger partial charge in [-0.2, -0.15) is 5.26 Å². The summed E-state index contributed by atoms with van der Waals surface area (Å²) in [6, 6.07) is 27.2. The quantitative estimate of drug-likeness (QED) is 0.217. The molecule has 1 N–H and O–H groups in total. The fourth-order valence-corrected chi connectivity index (χ4v) is 3.53. The van der Waals surface area contributed by atoms with Crippen molar-refractivity contribution in [3.05, 3.63) is 112 Å². The Balaban J connectivity index is 1.41. The summed E-state index contributed by atoms with van der Waals surface area (Å²) in [5.41, 5.74) is 2.10. The number of hydrogen-bond acceptors (Lipinski definition) is 4. The number of nitriles is 1. The number of halogens is 2. The van der Waals surface area contributed by atoms with E-state index in [2.05, 4.69) is 5.32 Å². The molecule has 0 radical (unpaired) electrons. The largest absolute Gasteiger partial charge is 0.489 e. The fraction of sp³-hybridized carbons (Fsp3) is 0.0370. The Morgan fingerprint density at radius 2 is 1.74 bits per heavy atom. The zero-order valence-electron chi connectivity index (χ0n) is 17.8. The van der Waals surface area contributed by atoms with Crippen molar-refractivity contribution >= 4 is 40.9 Å². The average molecular weight is 489 g/mol. The van der Waals surface area contributed by atoms with E-state index in [1.807, 2.05) is 36.4 Å². The number of nitrogens with one attached hydrogen (secondary N) is 1. The molecule has 1 aromatic heterocycles. The third-order valence-electron chi connectivity index (χ3n) is 4.86. The van der Waals surface area contributed by atoms with E-state index in [-0.39, 0.29) is 5.57 Å². The number of ether oxygens (including phenoxy) is 1. The van der Waals surface area contributed by atoms with E-state index < -0.39 is 5.91 Å². The number of anilines is 1. The maximum absolute atomic E-state index is 12.6. The topological polar surface area (TPSA) is 75.3 Å². The summed E-state index contributed by atoms with van der Waals surface area (Å²) in [4.78, 5) is 12.6. The monoisotopic (exact) mass is 488 g/mol. The van der Waals surface area contributed by atoms with Crippen LogP contribution in [0.5, 0.6) is 5.75 Å². The van der Waals surface area contributed by atoms with Crippen LogP contribution < -0.4 is 10.1 Å². The van der Waals surface area contributed by atoms with Gasteiger partial charge in [0.15, 0.2) is 0 Å². The standard InChI is InChI=1S/C27H18Cl2N2O3/c28-24-8-4-7-23(26(24)29)25-14-13-22(34-25)15-19(16-30)27(32)31-20-9-11-21(12-10-20)33-17-18-5-2-1-3-6-18/h1-15H,17H2,(H,31,32)/b19-15+. The molecule has 0 aliphatic carbocycles. The molecule has 0 saturated heterocycles. The van der Waals surface area contributed by atoms with E-state index in [4.69, 9.17) is 32.4 Å². The first-order valence-corrected chi connectivity index (χ1v) is 11.0. The average Bonchev–Trinajstić information content (AvgIpc) is 3.32. The second kappa shape index (κ2) is 10.8. The fourth-order valence-electron chi connectivity index (χ4n) is 3.13. The number of furan rings is 1. The number of hydrogen-bond donors (Lipinski definition) is 1. The Morgan fingerprint density at radius 1 is 0.971 bits per heavy atom. The number of rotatable bonds is 7. The molecule has 0 fully saturated rings. The van der Waals surface area contributed by atoms with Gasteiger partial charge in [-0.25, -0.2) is 0 Å². The van der Waals surface area contributed by atoms with Gasteiger partial charge in [0.05, 0.1) is 10.0 Å². The van der Waals surface area contributed by atoms with Crippen LogP contribution in [0.3, 0.4) is 0 Å². The van der Waals surface area contributed by atoms with Crippen LogP contribution in [0.25, 0.3) is 17.4 Å². The van der Waals surface area contributed by atoms with Gasteiger partial charge in [-0.1, -0.05) is 59.6 Å². The molecule has 4 rings (SSSR count). The lowest BCUT2D eigenvalue weighted by Gasteiger charge is -2.08. The van der Waals surface area contributed by atoms with Crippen LogP contribution in [0.2, 0.25) is 10.0 Å². The van der Waals surface area contributed by atoms with Gasteiger partial charge in [0.25, 0.3) is 5.91 Å². The minimum Gasteiger partial charge on any atom is -0.489 e. The first-order valence-electron chi connectivity index (χ1n) is 10.3. The molecule has 0 saturated carbocycles. The predicted molar refractivity (Wildman–Crippen MR) is 134 cm³/mol. The minimum atomic E-state index is -0.556. The van der Waals surface area contributed by atoms with Crippen LogP contribution >= 0.6 is 23.2 Å². The van der Waals surface area contributed by atoms with Gasteiger partial charge in [-0.3, -0.25) is 4.79 Å². The van der Waals surface area contributed by atoms with Crippen LogP contribution in [-0.4, -0.2) is 5.91 Å². The van der Waals surface area contributed by atoms with Crippen molar-refractivity contribution in [2.75, 3.05) is 5.32 Å². The Bertz CT molecular complexity index is 1370. The van der Waals surface area contributed by atoms with Crippen LogP contribution in [0.4, 0.5) is 5.69 Å². The molecule has 0 atom stereocenters. The van der Waals surface area contributed by atoms with Gasteiger partial charge in [-0.05, 0) is 54.1 Å². The molecule has 3 aromatic carbocycles. The van der Waals surface area contributed by atoms with Gasteiger partial charge >= 0.3 is 0 Å². The second-order valence-corrected chi connectivity index (χ2v) is 8.01. The highest BCUT2D eigenvalue weighted by molar-refractivity contribution is 6.43. The minimum absolute atomic E-state index is 0.109. The lowest BCUT2D eigenvalue weighted by atomic mass is 10.2. The molecule has 0 aliphatic rings. The molecule has 0 aliphatic heterocycles. The first kappa shape index (κ1) is 23.2. The number of benzene rings is 3. The Hall–Kier alpha value is -3.98. The van der Waals surface area contributed by atoms with E-state index >= 15 is 0 Å². The summed E-state index contributed by atoms with van der Waals surface area (Å²) in [7, 11) is 0. The second-order valence-electron chi connectivity index (χ2n) is 7.23. The van der Waals surface area contributed by atoms with Crippen LogP contribution in [-0.2, 0) is 11.4 Å². The van der Waals surface area contributed by atoms with Gasteiger partial charge in [0, 0.05) is 17.3 Å². The Labute approximate surface area is 206 Å². The van der Waals surface area contributed by atoms with Crippen molar-refractivity contribution in [2.45, 2.75) is 6.61 Å². The molecule has 0 spiro atoms. The molecule has 0 bridgehead atoms. The van der Waals surface area contributed by atoms with Crippen molar-refractivity contribution < 1.29 is 13.9 Å². The molecule has 1 heterocycles. The Morgan fingerprint density at radius 3 is 2.47 bits per heavy atom. The van der Waals surface area contributed by atoms with E-state index in [0.717, 1.165) is 5.56 Å². The van der Waals surface area contributed by atoms with Crippen LogP contribution in [0.1, 0.15) is 11.3 Å². The van der Waals surface area contributed by atoms with Gasteiger partial charge < -0.3 is 14.5 Å². The summed E-state index contributed by atoms with van der Waals surface area (Å²) in [5, 5.41) is 13.0. The number of amides is 1. The van der Waals surface area contributed by atoms with Crippen molar-refractivity contribution in [2.24, 2.45) is 0 Å². The zero-order chi connectivity index (χ0) is 23.9. The van der Waals surface area contributed by atoms with Gasteiger partial charge in [0.1, 0.15) is 35.5 Å². The first-order chi connectivity index (χ1) is 16.5. The summed E-state index contributed by atoms with van der Waals surface area (Å²) >= 11 is 12.3. The Kier molecular flexibility index (Phi) is 7.34. The van der Waals surface area contributed by atoms with Crippen LogP contribution in [0.15, 0.2) is 94.9 Å². The van der Waals surface area contributed by atoms with Crippen molar-refractivity contribution in [1.29, 1.82) is 5.26 Å². The summed E-state index contributed by atoms with van der Waals surface area (Å²) in [5.74, 6) is 0.921. The molecular formula is C27H18Cl2N2O3. The maximum Gasteiger partial charge on any atom is 0.266 e. The number of carbonyl (C=O) groups excluding carboxylic acids is 1. The molecule has 168 valence electrons. The third kappa shape index (κ3) is 5.68. The van der Waals surface area contributed by atoms with Gasteiger partial charge in [0.2, 0.25) is 0 Å². The normalized spacial score (nSPS) is 11.0. The molecule has 34 heavy (non-hydrogen) atoms. The van der Waals surface area contributed by atoms with E-state index in [0.29, 0.717) is 45.2 Å². The highest BCUT2D eigenvalue weighted by atomic mass is 35.5. The SMILES string of the molecule is N#C/C(=C\c1ccc(-c2cccc(Cl)c2Cl)o1)C(=O)Nc1ccc(OCc2ccccc2)cc1. The van der Waals surface area contributed by atoms with E-state index in [1.54, 1.807) is 54.6 Å². The molecule has 5 nitrogen and oxygen atoms in total. The van der Waals surface area contributed by atoms with Crippen molar-refractivity contribution in [3.8, 4) is 23.1 Å². The van der Waals surface area contributed by atoms with E-state index in [1.165, 1.54) is 6.08 Å². The predicted octanol–water partition coefficient (Wildman–Crippen LogP) is 7.38. The molecular weight excluding hydrogens is 471 g/mol. The lowest BCUT2D eigenvalue weighted by molar-refractivity contribution is -0.112.